The van der Waals surface area contributed by atoms with E-state index < -0.39 is 0 Å². The van der Waals surface area contributed by atoms with Crippen LogP contribution in [-0.2, 0) is 0 Å². The average molecular weight is 251 g/mol. The Morgan fingerprint density at radius 1 is 1.56 bits per heavy atom. The number of nitrogens with zero attached hydrogens (tertiary/aromatic N) is 2. The Kier molecular flexibility index (Phi) is 2.46. The van der Waals surface area contributed by atoms with E-state index in [0.717, 1.165) is 6.42 Å². The van der Waals surface area contributed by atoms with Gasteiger partial charge in [-0.15, -0.1) is 0 Å². The summed E-state index contributed by atoms with van der Waals surface area (Å²) in [5.74, 6) is 0.557. The molecule has 0 amide bonds. The minimum Gasteiger partial charge on any atom is -0.396 e. The lowest BCUT2D eigenvalue weighted by molar-refractivity contribution is 0.112. The normalized spacial score (nSPS) is 37.6. The summed E-state index contributed by atoms with van der Waals surface area (Å²) in [5.41, 5.74) is 4.94. The second kappa shape index (κ2) is 3.80. The van der Waals surface area contributed by atoms with Gasteiger partial charge in [0.1, 0.15) is 5.82 Å². The first-order valence-corrected chi connectivity index (χ1v) is 6.19. The highest BCUT2D eigenvalue weighted by atomic mass is 16.3. The minimum absolute atomic E-state index is 0.0231. The molecule has 2 fully saturated rings. The quantitative estimate of drug-likeness (QED) is 0.664. The molecule has 6 nitrogen and oxygen atoms in total. The zero-order chi connectivity index (χ0) is 12.9. The molecule has 6 heteroatoms. The summed E-state index contributed by atoms with van der Waals surface area (Å²) in [4.78, 5) is 15.6. The molecular formula is C12H17N3O3. The number of anilines is 1. The van der Waals surface area contributed by atoms with Gasteiger partial charge in [-0.1, -0.05) is 0 Å². The van der Waals surface area contributed by atoms with Gasteiger partial charge < -0.3 is 15.9 Å². The first-order valence-electron chi connectivity index (χ1n) is 6.19. The summed E-state index contributed by atoms with van der Waals surface area (Å²) in [7, 11) is 0. The van der Waals surface area contributed by atoms with Crippen molar-refractivity contribution in [3.63, 3.8) is 0 Å². The summed E-state index contributed by atoms with van der Waals surface area (Å²) in [6, 6.07) is 1.63. The largest absolute Gasteiger partial charge is 0.396 e. The monoisotopic (exact) mass is 251 g/mol. The predicted molar refractivity (Wildman–Crippen MR) is 64.8 cm³/mol. The van der Waals surface area contributed by atoms with Crippen molar-refractivity contribution in [2.45, 2.75) is 18.9 Å². The van der Waals surface area contributed by atoms with E-state index in [2.05, 4.69) is 4.98 Å². The molecule has 2 aliphatic rings. The third-order valence-electron chi connectivity index (χ3n) is 4.71. The lowest BCUT2D eigenvalue weighted by atomic mass is 9.92. The van der Waals surface area contributed by atoms with Crippen molar-refractivity contribution in [1.29, 1.82) is 0 Å². The van der Waals surface area contributed by atoms with Crippen LogP contribution >= 0.6 is 0 Å². The number of aromatic nitrogens is 2. The summed E-state index contributed by atoms with van der Waals surface area (Å²) >= 11 is 0. The van der Waals surface area contributed by atoms with E-state index in [0.29, 0.717) is 6.42 Å². The van der Waals surface area contributed by atoms with Crippen molar-refractivity contribution in [3.8, 4) is 0 Å². The summed E-state index contributed by atoms with van der Waals surface area (Å²) in [6.45, 7) is 0.140. The number of fused-ring (bicyclic) bond motifs is 1. The highest BCUT2D eigenvalue weighted by Gasteiger charge is 2.66. The molecule has 0 aliphatic heterocycles. The number of aliphatic hydroxyl groups is 2. The maximum atomic E-state index is 11.8. The molecule has 2 saturated carbocycles. The van der Waals surface area contributed by atoms with Crippen molar-refractivity contribution in [1.82, 2.24) is 9.55 Å². The molecule has 0 radical (unpaired) electrons. The van der Waals surface area contributed by atoms with Crippen LogP contribution in [0.25, 0.3) is 0 Å². The number of nitrogen functional groups attached to an aromatic ring is 1. The Morgan fingerprint density at radius 2 is 2.33 bits per heavy atom. The molecule has 4 N–H and O–H groups in total. The lowest BCUT2D eigenvalue weighted by Crippen LogP contribution is -2.27. The fraction of sp³-hybridized carbons (Fsp3) is 0.667. The molecule has 18 heavy (non-hydrogen) atoms. The van der Waals surface area contributed by atoms with Crippen LogP contribution in [0.4, 0.5) is 5.82 Å². The molecule has 1 aromatic rings. The van der Waals surface area contributed by atoms with Gasteiger partial charge in [0.25, 0.3) is 0 Å². The Hall–Kier alpha value is -1.40. The van der Waals surface area contributed by atoms with Gasteiger partial charge in [0.15, 0.2) is 0 Å². The van der Waals surface area contributed by atoms with Crippen LogP contribution < -0.4 is 11.4 Å². The van der Waals surface area contributed by atoms with E-state index in [1.165, 1.54) is 0 Å². The topological polar surface area (TPSA) is 101 Å². The van der Waals surface area contributed by atoms with Crippen LogP contribution in [0.2, 0.25) is 0 Å². The van der Waals surface area contributed by atoms with Crippen LogP contribution in [0.3, 0.4) is 0 Å². The van der Waals surface area contributed by atoms with Gasteiger partial charge in [-0.25, -0.2) is 4.79 Å². The lowest BCUT2D eigenvalue weighted by Gasteiger charge is -2.19. The number of rotatable bonds is 3. The molecular weight excluding hydrogens is 234 g/mol. The van der Waals surface area contributed by atoms with Gasteiger partial charge >= 0.3 is 5.69 Å². The van der Waals surface area contributed by atoms with E-state index >= 15 is 0 Å². The summed E-state index contributed by atoms with van der Waals surface area (Å²) in [6.07, 6.45) is 3.25. The fourth-order valence-corrected chi connectivity index (χ4v) is 3.58. The van der Waals surface area contributed by atoms with E-state index in [-0.39, 0.29) is 48.0 Å². The minimum atomic E-state index is -0.350. The predicted octanol–water partition coefficient (Wildman–Crippen LogP) is -0.623. The zero-order valence-electron chi connectivity index (χ0n) is 9.99. The summed E-state index contributed by atoms with van der Waals surface area (Å²) in [5, 5.41) is 18.9. The number of nitrogens with two attached hydrogens (primary N) is 1. The molecule has 1 aromatic heterocycles. The van der Waals surface area contributed by atoms with Crippen LogP contribution in [0, 0.1) is 17.3 Å². The van der Waals surface area contributed by atoms with E-state index in [1.807, 2.05) is 0 Å². The third-order valence-corrected chi connectivity index (χ3v) is 4.71. The van der Waals surface area contributed by atoms with Crippen LogP contribution in [0.5, 0.6) is 0 Å². The molecule has 0 aromatic carbocycles. The summed E-state index contributed by atoms with van der Waals surface area (Å²) < 4.78 is 1.59. The number of hydrogen-bond acceptors (Lipinski definition) is 5. The van der Waals surface area contributed by atoms with Crippen molar-refractivity contribution < 1.29 is 10.2 Å². The second-order valence-electron chi connectivity index (χ2n) is 5.43. The highest BCUT2D eigenvalue weighted by molar-refractivity contribution is 5.24. The third kappa shape index (κ3) is 1.42. The van der Waals surface area contributed by atoms with Gasteiger partial charge in [-0.3, -0.25) is 4.57 Å². The smallest absolute Gasteiger partial charge is 0.349 e. The molecule has 2 aliphatic carbocycles. The van der Waals surface area contributed by atoms with Crippen molar-refractivity contribution >= 4 is 5.82 Å². The Morgan fingerprint density at radius 3 is 2.89 bits per heavy atom. The van der Waals surface area contributed by atoms with Crippen molar-refractivity contribution in [2.75, 3.05) is 18.9 Å². The number of aliphatic hydroxyl groups excluding tert-OH is 2. The molecule has 0 unspecified atom stereocenters. The zero-order valence-corrected chi connectivity index (χ0v) is 9.99. The molecule has 0 spiro atoms. The van der Waals surface area contributed by atoms with Gasteiger partial charge in [0, 0.05) is 30.9 Å². The van der Waals surface area contributed by atoms with Crippen LogP contribution in [0.1, 0.15) is 18.9 Å². The van der Waals surface area contributed by atoms with Crippen molar-refractivity contribution in [3.05, 3.63) is 22.7 Å². The van der Waals surface area contributed by atoms with Crippen molar-refractivity contribution in [2.24, 2.45) is 17.3 Å². The SMILES string of the molecule is Nc1ccn([C@H]2C[C@H](CO)[C@]3(CO)C[C@H]23)c(=O)n1. The molecule has 4 atom stereocenters. The molecule has 0 bridgehead atoms. The first kappa shape index (κ1) is 11.7. The molecule has 3 rings (SSSR count). The Bertz CT molecular complexity index is 530. The van der Waals surface area contributed by atoms with Gasteiger partial charge in [0.05, 0.1) is 0 Å². The fourth-order valence-electron chi connectivity index (χ4n) is 3.58. The van der Waals surface area contributed by atoms with Gasteiger partial charge in [0.2, 0.25) is 0 Å². The van der Waals surface area contributed by atoms with Gasteiger partial charge in [-0.2, -0.15) is 4.98 Å². The molecule has 1 heterocycles. The van der Waals surface area contributed by atoms with E-state index in [9.17, 15) is 15.0 Å². The highest BCUT2D eigenvalue weighted by Crippen LogP contribution is 2.69. The van der Waals surface area contributed by atoms with E-state index in [4.69, 9.17) is 5.73 Å². The molecule has 98 valence electrons. The number of hydrogen-bond donors (Lipinski definition) is 3. The van der Waals surface area contributed by atoms with E-state index in [1.54, 1.807) is 16.8 Å². The first-order chi connectivity index (χ1) is 8.62. The average Bonchev–Trinajstić information content (AvgIpc) is 3.01. The molecule has 0 saturated heterocycles. The maximum Gasteiger partial charge on any atom is 0.349 e. The standard InChI is InChI=1S/C12H17N3O3/c13-10-1-2-15(11(18)14-10)9-3-7(5-16)12(6-17)4-8(9)12/h1-2,7-9,16-17H,3-6H2,(H2,13,14,18)/t7-,8-,9+,12-/m1/s1. The Balaban J connectivity index is 1.94. The Labute approximate surface area is 104 Å². The van der Waals surface area contributed by atoms with Crippen LogP contribution in [0.15, 0.2) is 17.1 Å². The second-order valence-corrected chi connectivity index (χ2v) is 5.43. The van der Waals surface area contributed by atoms with Crippen LogP contribution in [-0.4, -0.2) is 33.0 Å². The van der Waals surface area contributed by atoms with Gasteiger partial charge in [-0.05, 0) is 30.7 Å². The maximum absolute atomic E-state index is 11.8.